The summed E-state index contributed by atoms with van der Waals surface area (Å²) < 4.78 is 0. The zero-order chi connectivity index (χ0) is 12.3. The Morgan fingerprint density at radius 1 is 1.00 bits per heavy atom. The van der Waals surface area contributed by atoms with E-state index in [2.05, 4.69) is 5.32 Å². The Morgan fingerprint density at radius 2 is 1.76 bits per heavy atom. The second-order valence-electron chi connectivity index (χ2n) is 3.44. The average Bonchev–Trinajstić information content (AvgIpc) is 2.29. The van der Waals surface area contributed by atoms with Crippen LogP contribution in [0.3, 0.4) is 0 Å². The van der Waals surface area contributed by atoms with Crippen LogP contribution in [-0.2, 0) is 0 Å². The molecule has 0 aliphatic heterocycles. The van der Waals surface area contributed by atoms with Crippen LogP contribution < -0.4 is 5.32 Å². The van der Waals surface area contributed by atoms with Crippen LogP contribution in [0.1, 0.15) is 5.56 Å². The molecule has 0 aromatic heterocycles. The Morgan fingerprint density at radius 3 is 2.41 bits per heavy atom. The van der Waals surface area contributed by atoms with E-state index in [0.29, 0.717) is 15.6 Å². The molecule has 0 fully saturated rings. The molecule has 2 rings (SSSR count). The second kappa shape index (κ2) is 5.09. The first kappa shape index (κ1) is 11.8. The molecular formula is C13H8Cl2N2. The van der Waals surface area contributed by atoms with Crippen LogP contribution in [0.2, 0.25) is 10.0 Å². The van der Waals surface area contributed by atoms with Crippen molar-refractivity contribution in [2.24, 2.45) is 0 Å². The molecule has 0 unspecified atom stereocenters. The van der Waals surface area contributed by atoms with E-state index in [1.165, 1.54) is 0 Å². The predicted octanol–water partition coefficient (Wildman–Crippen LogP) is 4.61. The van der Waals surface area contributed by atoms with Crippen LogP contribution in [0.4, 0.5) is 11.4 Å². The molecule has 17 heavy (non-hydrogen) atoms. The molecule has 2 aromatic rings. The summed E-state index contributed by atoms with van der Waals surface area (Å²) in [6.07, 6.45) is 0. The summed E-state index contributed by atoms with van der Waals surface area (Å²) in [7, 11) is 0. The Labute approximate surface area is 109 Å². The first-order valence-electron chi connectivity index (χ1n) is 4.91. The fourth-order valence-corrected chi connectivity index (χ4v) is 1.83. The maximum atomic E-state index is 8.76. The summed E-state index contributed by atoms with van der Waals surface area (Å²) in [5.41, 5.74) is 2.15. The Kier molecular flexibility index (Phi) is 3.53. The summed E-state index contributed by atoms with van der Waals surface area (Å²) in [5, 5.41) is 13.0. The molecule has 0 radical (unpaired) electrons. The standard InChI is InChI=1S/C13H8Cl2N2/c14-10-2-1-3-11(6-10)17-12-5-4-9(8-16)13(15)7-12/h1-7,17H. The van der Waals surface area contributed by atoms with E-state index >= 15 is 0 Å². The Balaban J connectivity index is 2.25. The van der Waals surface area contributed by atoms with Gasteiger partial charge in [-0.3, -0.25) is 0 Å². The number of nitrogens with zero attached hydrogens (tertiary/aromatic N) is 1. The van der Waals surface area contributed by atoms with Gasteiger partial charge >= 0.3 is 0 Å². The van der Waals surface area contributed by atoms with Gasteiger partial charge in [-0.1, -0.05) is 29.3 Å². The summed E-state index contributed by atoms with van der Waals surface area (Å²) in [6, 6.07) is 14.6. The van der Waals surface area contributed by atoms with Gasteiger partial charge in [0.15, 0.2) is 0 Å². The van der Waals surface area contributed by atoms with Gasteiger partial charge in [-0.2, -0.15) is 5.26 Å². The van der Waals surface area contributed by atoms with Crippen molar-refractivity contribution in [3.8, 4) is 6.07 Å². The largest absolute Gasteiger partial charge is 0.355 e. The van der Waals surface area contributed by atoms with Crippen molar-refractivity contribution in [3.05, 3.63) is 58.1 Å². The molecule has 0 saturated carbocycles. The molecule has 0 heterocycles. The lowest BCUT2D eigenvalue weighted by atomic mass is 10.2. The molecule has 84 valence electrons. The van der Waals surface area contributed by atoms with Crippen LogP contribution in [-0.4, -0.2) is 0 Å². The number of anilines is 2. The monoisotopic (exact) mass is 262 g/mol. The normalized spacial score (nSPS) is 9.71. The van der Waals surface area contributed by atoms with Crippen molar-refractivity contribution in [1.82, 2.24) is 0 Å². The quantitative estimate of drug-likeness (QED) is 0.858. The molecule has 2 nitrogen and oxygen atoms in total. The van der Waals surface area contributed by atoms with E-state index < -0.39 is 0 Å². The van der Waals surface area contributed by atoms with Crippen molar-refractivity contribution < 1.29 is 0 Å². The number of nitrogens with one attached hydrogen (secondary N) is 1. The first-order valence-corrected chi connectivity index (χ1v) is 5.67. The highest BCUT2D eigenvalue weighted by molar-refractivity contribution is 6.32. The summed E-state index contributed by atoms with van der Waals surface area (Å²) in [6.45, 7) is 0. The van der Waals surface area contributed by atoms with Crippen LogP contribution in [0, 0.1) is 11.3 Å². The molecule has 0 saturated heterocycles. The van der Waals surface area contributed by atoms with Crippen molar-refractivity contribution >= 4 is 34.6 Å². The van der Waals surface area contributed by atoms with Gasteiger partial charge in [0.1, 0.15) is 6.07 Å². The van der Waals surface area contributed by atoms with E-state index in [9.17, 15) is 0 Å². The molecule has 0 bridgehead atoms. The van der Waals surface area contributed by atoms with E-state index in [1.54, 1.807) is 24.3 Å². The van der Waals surface area contributed by atoms with E-state index in [4.69, 9.17) is 28.5 Å². The van der Waals surface area contributed by atoms with Gasteiger partial charge < -0.3 is 5.32 Å². The number of hydrogen-bond donors (Lipinski definition) is 1. The third-order valence-electron chi connectivity index (χ3n) is 2.20. The van der Waals surface area contributed by atoms with Gasteiger partial charge in [0, 0.05) is 16.4 Å². The van der Waals surface area contributed by atoms with Gasteiger partial charge in [-0.25, -0.2) is 0 Å². The van der Waals surface area contributed by atoms with E-state index in [-0.39, 0.29) is 0 Å². The molecule has 4 heteroatoms. The summed E-state index contributed by atoms with van der Waals surface area (Å²) >= 11 is 11.8. The molecule has 0 atom stereocenters. The molecule has 0 spiro atoms. The second-order valence-corrected chi connectivity index (χ2v) is 4.29. The van der Waals surface area contributed by atoms with Crippen LogP contribution >= 0.6 is 23.2 Å². The third kappa shape index (κ3) is 2.91. The highest BCUT2D eigenvalue weighted by Gasteiger charge is 2.01. The van der Waals surface area contributed by atoms with Gasteiger partial charge in [0.25, 0.3) is 0 Å². The average molecular weight is 263 g/mol. The van der Waals surface area contributed by atoms with Gasteiger partial charge in [-0.15, -0.1) is 0 Å². The number of benzene rings is 2. The maximum Gasteiger partial charge on any atom is 0.101 e. The zero-order valence-electron chi connectivity index (χ0n) is 8.74. The van der Waals surface area contributed by atoms with Crippen molar-refractivity contribution in [2.75, 3.05) is 5.32 Å². The number of hydrogen-bond acceptors (Lipinski definition) is 2. The molecular weight excluding hydrogens is 255 g/mol. The fraction of sp³-hybridized carbons (Fsp3) is 0. The molecule has 0 amide bonds. The van der Waals surface area contributed by atoms with Crippen LogP contribution in [0.5, 0.6) is 0 Å². The summed E-state index contributed by atoms with van der Waals surface area (Å²) in [5.74, 6) is 0. The topological polar surface area (TPSA) is 35.8 Å². The Bertz CT molecular complexity index is 588. The van der Waals surface area contributed by atoms with Crippen LogP contribution in [0.15, 0.2) is 42.5 Å². The van der Waals surface area contributed by atoms with Crippen LogP contribution in [0.25, 0.3) is 0 Å². The minimum atomic E-state index is 0.430. The fourth-order valence-electron chi connectivity index (χ4n) is 1.42. The van der Waals surface area contributed by atoms with Gasteiger partial charge in [-0.05, 0) is 36.4 Å². The van der Waals surface area contributed by atoms with Crippen molar-refractivity contribution in [3.63, 3.8) is 0 Å². The molecule has 0 aliphatic carbocycles. The number of rotatable bonds is 2. The lowest BCUT2D eigenvalue weighted by Crippen LogP contribution is -1.90. The molecule has 0 aliphatic rings. The predicted molar refractivity (Wildman–Crippen MR) is 70.9 cm³/mol. The highest BCUT2D eigenvalue weighted by Crippen LogP contribution is 2.24. The number of nitriles is 1. The lowest BCUT2D eigenvalue weighted by Gasteiger charge is -2.07. The molecule has 1 N–H and O–H groups in total. The SMILES string of the molecule is N#Cc1ccc(Nc2cccc(Cl)c2)cc1Cl. The van der Waals surface area contributed by atoms with Crippen molar-refractivity contribution in [2.45, 2.75) is 0 Å². The minimum absolute atomic E-state index is 0.430. The summed E-state index contributed by atoms with van der Waals surface area (Å²) in [4.78, 5) is 0. The van der Waals surface area contributed by atoms with Gasteiger partial charge in [0.05, 0.1) is 10.6 Å². The Hall–Kier alpha value is -1.69. The number of halogens is 2. The molecule has 2 aromatic carbocycles. The van der Waals surface area contributed by atoms with E-state index in [1.807, 2.05) is 24.3 Å². The van der Waals surface area contributed by atoms with Gasteiger partial charge in [0.2, 0.25) is 0 Å². The third-order valence-corrected chi connectivity index (χ3v) is 2.75. The van der Waals surface area contributed by atoms with Crippen molar-refractivity contribution in [1.29, 1.82) is 5.26 Å². The zero-order valence-corrected chi connectivity index (χ0v) is 10.3. The first-order chi connectivity index (χ1) is 8.19. The highest BCUT2D eigenvalue weighted by atomic mass is 35.5. The minimum Gasteiger partial charge on any atom is -0.355 e. The smallest absolute Gasteiger partial charge is 0.101 e. The lowest BCUT2D eigenvalue weighted by molar-refractivity contribution is 1.47. The maximum absolute atomic E-state index is 8.76. The van der Waals surface area contributed by atoms with E-state index in [0.717, 1.165) is 11.4 Å².